The molecule has 0 saturated carbocycles. The van der Waals surface area contributed by atoms with E-state index in [0.29, 0.717) is 0 Å². The Balaban J connectivity index is 3.03. The molecule has 2 N–H and O–H groups in total. The molecule has 0 aromatic heterocycles. The van der Waals surface area contributed by atoms with Crippen LogP contribution in [0, 0.1) is 27.7 Å². The van der Waals surface area contributed by atoms with Gasteiger partial charge < -0.3 is 10.2 Å². The molecule has 0 amide bonds. The highest BCUT2D eigenvalue weighted by Gasteiger charge is 2.28. The fourth-order valence-electron chi connectivity index (χ4n) is 3.56. The first-order valence-corrected chi connectivity index (χ1v) is 9.35. The van der Waals surface area contributed by atoms with Gasteiger partial charge in [0.1, 0.15) is 11.5 Å². The second kappa shape index (κ2) is 6.33. The molecule has 142 valence electrons. The molecule has 0 fully saturated rings. The van der Waals surface area contributed by atoms with Crippen LogP contribution in [0.1, 0.15) is 74.9 Å². The van der Waals surface area contributed by atoms with E-state index >= 15 is 0 Å². The minimum atomic E-state index is -0.183. The number of hydrogen-bond acceptors (Lipinski definition) is 2. The van der Waals surface area contributed by atoms with Gasteiger partial charge >= 0.3 is 0 Å². The van der Waals surface area contributed by atoms with Gasteiger partial charge in [-0.25, -0.2) is 0 Å². The lowest BCUT2D eigenvalue weighted by Gasteiger charge is -2.28. The molecule has 0 bridgehead atoms. The Morgan fingerprint density at radius 1 is 0.577 bits per heavy atom. The number of phenolic OH excluding ortho intramolecular Hbond substituents is 2. The fraction of sp³-hybridized carbons (Fsp3) is 0.500. The van der Waals surface area contributed by atoms with Gasteiger partial charge in [-0.15, -0.1) is 0 Å². The molecule has 0 saturated heterocycles. The van der Waals surface area contributed by atoms with Gasteiger partial charge in [0.25, 0.3) is 0 Å². The molecule has 0 unspecified atom stereocenters. The number of aryl methyl sites for hydroxylation is 2. The zero-order chi connectivity index (χ0) is 20.2. The summed E-state index contributed by atoms with van der Waals surface area (Å²) in [4.78, 5) is 0. The lowest BCUT2D eigenvalue weighted by atomic mass is 9.78. The smallest absolute Gasteiger partial charge is 0.127 e. The van der Waals surface area contributed by atoms with Gasteiger partial charge in [-0.2, -0.15) is 0 Å². The monoisotopic (exact) mass is 354 g/mol. The maximum absolute atomic E-state index is 11.2. The van der Waals surface area contributed by atoms with Crippen molar-refractivity contribution in [3.05, 3.63) is 45.5 Å². The van der Waals surface area contributed by atoms with Crippen molar-refractivity contribution in [2.45, 2.75) is 80.1 Å². The second-order valence-electron chi connectivity index (χ2n) is 9.68. The Kier molecular flexibility index (Phi) is 4.96. The summed E-state index contributed by atoms with van der Waals surface area (Å²) in [6.07, 6.45) is 0. The maximum Gasteiger partial charge on any atom is 0.127 e. The summed E-state index contributed by atoms with van der Waals surface area (Å²) < 4.78 is 0. The standard InChI is InChI=1S/C24H34O2/c1-13-11-17(23(5,6)7)21(25)19(15(13)3)20-16(4)14(2)12-18(22(20)26)24(8,9)10/h11-12,25-26H,1-10H3. The van der Waals surface area contributed by atoms with Gasteiger partial charge in [0.05, 0.1) is 0 Å². The topological polar surface area (TPSA) is 40.5 Å². The second-order valence-corrected chi connectivity index (χ2v) is 9.68. The van der Waals surface area contributed by atoms with Crippen LogP contribution in [0.2, 0.25) is 0 Å². The predicted molar refractivity (Wildman–Crippen MR) is 112 cm³/mol. The van der Waals surface area contributed by atoms with Gasteiger partial charge in [0.15, 0.2) is 0 Å². The summed E-state index contributed by atoms with van der Waals surface area (Å²) in [6.45, 7) is 20.8. The van der Waals surface area contributed by atoms with Gasteiger partial charge in [-0.3, -0.25) is 0 Å². The van der Waals surface area contributed by atoms with E-state index in [1.54, 1.807) is 0 Å². The third-order valence-corrected chi connectivity index (χ3v) is 5.50. The minimum absolute atomic E-state index is 0.183. The molecule has 26 heavy (non-hydrogen) atoms. The number of hydrogen-bond donors (Lipinski definition) is 2. The first kappa shape index (κ1) is 20.4. The molecule has 2 aromatic rings. The predicted octanol–water partition coefficient (Wildman–Crippen LogP) is 6.59. The molecule has 0 aliphatic rings. The van der Waals surface area contributed by atoms with Crippen molar-refractivity contribution in [3.63, 3.8) is 0 Å². The normalized spacial score (nSPS) is 12.5. The van der Waals surface area contributed by atoms with Crippen LogP contribution < -0.4 is 0 Å². The number of aromatic hydroxyl groups is 2. The summed E-state index contributed by atoms with van der Waals surface area (Å²) >= 11 is 0. The van der Waals surface area contributed by atoms with E-state index < -0.39 is 0 Å². The van der Waals surface area contributed by atoms with Crippen LogP contribution in [-0.4, -0.2) is 10.2 Å². The lowest BCUT2D eigenvalue weighted by Crippen LogP contribution is -2.14. The van der Waals surface area contributed by atoms with E-state index in [-0.39, 0.29) is 22.3 Å². The Bertz CT molecular complexity index is 786. The van der Waals surface area contributed by atoms with Crippen molar-refractivity contribution in [1.82, 2.24) is 0 Å². The number of benzene rings is 2. The molecule has 0 spiro atoms. The average Bonchev–Trinajstić information content (AvgIpc) is 2.47. The van der Waals surface area contributed by atoms with Crippen molar-refractivity contribution in [2.75, 3.05) is 0 Å². The van der Waals surface area contributed by atoms with Crippen LogP contribution in [0.25, 0.3) is 11.1 Å². The summed E-state index contributed by atoms with van der Waals surface area (Å²) in [5.41, 5.74) is 7.26. The van der Waals surface area contributed by atoms with E-state index in [1.807, 2.05) is 13.8 Å². The molecular formula is C24H34O2. The number of phenols is 2. The zero-order valence-electron chi connectivity index (χ0n) is 18.0. The summed E-state index contributed by atoms with van der Waals surface area (Å²) in [7, 11) is 0. The minimum Gasteiger partial charge on any atom is -0.507 e. The van der Waals surface area contributed by atoms with Crippen molar-refractivity contribution in [2.24, 2.45) is 0 Å². The van der Waals surface area contributed by atoms with E-state index in [9.17, 15) is 10.2 Å². The van der Waals surface area contributed by atoms with Crippen LogP contribution in [0.4, 0.5) is 0 Å². The Labute approximate surface area is 158 Å². The Hall–Kier alpha value is -1.96. The SMILES string of the molecule is Cc1cc(C(C)(C)C)c(O)c(-c2c(C)c(C)cc(C(C)(C)C)c2O)c1C. The van der Waals surface area contributed by atoms with Crippen LogP contribution in [0.5, 0.6) is 11.5 Å². The first-order chi connectivity index (χ1) is 11.7. The van der Waals surface area contributed by atoms with Crippen LogP contribution in [0.15, 0.2) is 12.1 Å². The summed E-state index contributed by atoms with van der Waals surface area (Å²) in [5.74, 6) is 0.564. The average molecular weight is 355 g/mol. The van der Waals surface area contributed by atoms with Crippen molar-refractivity contribution < 1.29 is 10.2 Å². The van der Waals surface area contributed by atoms with Crippen LogP contribution >= 0.6 is 0 Å². The highest BCUT2D eigenvalue weighted by molar-refractivity contribution is 5.85. The first-order valence-electron chi connectivity index (χ1n) is 9.35. The van der Waals surface area contributed by atoms with E-state index in [4.69, 9.17) is 0 Å². The summed E-state index contributed by atoms with van der Waals surface area (Å²) in [6, 6.07) is 4.14. The van der Waals surface area contributed by atoms with Crippen molar-refractivity contribution in [3.8, 4) is 22.6 Å². The third-order valence-electron chi connectivity index (χ3n) is 5.50. The van der Waals surface area contributed by atoms with Gasteiger partial charge in [0, 0.05) is 22.3 Å². The molecule has 2 nitrogen and oxygen atoms in total. The van der Waals surface area contributed by atoms with E-state index in [2.05, 4.69) is 67.5 Å². The molecule has 0 aliphatic carbocycles. The molecule has 0 heterocycles. The number of rotatable bonds is 1. The zero-order valence-corrected chi connectivity index (χ0v) is 18.0. The Morgan fingerprint density at radius 3 is 1.08 bits per heavy atom. The lowest BCUT2D eigenvalue weighted by molar-refractivity contribution is 0.439. The molecule has 0 atom stereocenters. The van der Waals surface area contributed by atoms with Crippen molar-refractivity contribution >= 4 is 0 Å². The highest BCUT2D eigenvalue weighted by Crippen LogP contribution is 2.49. The fourth-order valence-corrected chi connectivity index (χ4v) is 3.56. The van der Waals surface area contributed by atoms with Crippen LogP contribution in [-0.2, 0) is 10.8 Å². The highest BCUT2D eigenvalue weighted by atomic mass is 16.3. The molecule has 0 aliphatic heterocycles. The third kappa shape index (κ3) is 3.34. The quantitative estimate of drug-likeness (QED) is 0.606. The maximum atomic E-state index is 11.2. The van der Waals surface area contributed by atoms with Gasteiger partial charge in [-0.05, 0) is 60.8 Å². The molecule has 0 radical (unpaired) electrons. The Morgan fingerprint density at radius 2 is 0.846 bits per heavy atom. The molecule has 2 rings (SSSR count). The van der Waals surface area contributed by atoms with Gasteiger partial charge in [-0.1, -0.05) is 53.7 Å². The van der Waals surface area contributed by atoms with Crippen molar-refractivity contribution in [1.29, 1.82) is 0 Å². The molecule has 2 heteroatoms. The van der Waals surface area contributed by atoms with Crippen LogP contribution in [0.3, 0.4) is 0 Å². The van der Waals surface area contributed by atoms with E-state index in [0.717, 1.165) is 44.5 Å². The summed E-state index contributed by atoms with van der Waals surface area (Å²) in [5, 5.41) is 22.4. The molecule has 2 aromatic carbocycles. The molecular weight excluding hydrogens is 320 g/mol. The van der Waals surface area contributed by atoms with Gasteiger partial charge in [0.2, 0.25) is 0 Å². The van der Waals surface area contributed by atoms with E-state index in [1.165, 1.54) is 0 Å². The largest absolute Gasteiger partial charge is 0.507 e.